The quantitative estimate of drug-likeness (QED) is 0.404. The van der Waals surface area contributed by atoms with Gasteiger partial charge in [-0.05, 0) is 17.7 Å². The van der Waals surface area contributed by atoms with Crippen LogP contribution in [0.3, 0.4) is 0 Å². The third-order valence-electron chi connectivity index (χ3n) is 1.98. The zero-order valence-electron chi connectivity index (χ0n) is 7.18. The molecule has 0 atom stereocenters. The summed E-state index contributed by atoms with van der Waals surface area (Å²) in [6.07, 6.45) is 3.18. The summed E-state index contributed by atoms with van der Waals surface area (Å²) in [7, 11) is 1.89. The van der Waals surface area contributed by atoms with Crippen molar-refractivity contribution in [1.82, 2.24) is 9.78 Å². The molecule has 0 unspecified atom stereocenters. The highest BCUT2D eigenvalue weighted by Gasteiger charge is 1.98. The first kappa shape index (κ1) is 7.79. The normalized spacial score (nSPS) is 11.5. The van der Waals surface area contributed by atoms with E-state index in [9.17, 15) is 0 Å². The van der Waals surface area contributed by atoms with E-state index >= 15 is 0 Å². The van der Waals surface area contributed by atoms with E-state index in [1.807, 2.05) is 25.2 Å². The number of hydrogen-bond acceptors (Lipinski definition) is 3. The molecular weight excluding hydrogens is 166 g/mol. The summed E-state index contributed by atoms with van der Waals surface area (Å²) in [5, 5.41) is 16.5. The Bertz CT molecular complexity index is 459. The van der Waals surface area contributed by atoms with Crippen molar-refractivity contribution in [3.63, 3.8) is 0 Å². The van der Waals surface area contributed by atoms with Crippen LogP contribution in [0.4, 0.5) is 0 Å². The maximum absolute atomic E-state index is 8.35. The second-order valence-corrected chi connectivity index (χ2v) is 2.83. The van der Waals surface area contributed by atoms with Crippen LogP contribution in [0.5, 0.6) is 0 Å². The molecule has 0 aliphatic rings. The largest absolute Gasteiger partial charge is 0.411 e. The fourth-order valence-corrected chi connectivity index (χ4v) is 1.33. The van der Waals surface area contributed by atoms with Gasteiger partial charge in [-0.1, -0.05) is 11.2 Å². The standard InChI is InChI=1S/C9H9N3O/c1-12-9-3-2-7(5-11-13)4-8(9)6-10-12/h2-6,13H,1H3/b11-5+. The topological polar surface area (TPSA) is 50.4 Å². The van der Waals surface area contributed by atoms with Crippen LogP contribution in [0.2, 0.25) is 0 Å². The lowest BCUT2D eigenvalue weighted by atomic mass is 10.2. The van der Waals surface area contributed by atoms with Crippen molar-refractivity contribution < 1.29 is 5.21 Å². The van der Waals surface area contributed by atoms with Gasteiger partial charge in [0.15, 0.2) is 0 Å². The number of nitrogens with zero attached hydrogens (tertiary/aromatic N) is 3. The van der Waals surface area contributed by atoms with Crippen LogP contribution in [-0.2, 0) is 7.05 Å². The molecule has 2 rings (SSSR count). The summed E-state index contributed by atoms with van der Waals surface area (Å²) in [4.78, 5) is 0. The first-order chi connectivity index (χ1) is 6.31. The number of oxime groups is 1. The smallest absolute Gasteiger partial charge is 0.0734 e. The molecule has 1 aromatic carbocycles. The van der Waals surface area contributed by atoms with Gasteiger partial charge in [0.1, 0.15) is 0 Å². The van der Waals surface area contributed by atoms with Gasteiger partial charge in [0.05, 0.1) is 17.9 Å². The minimum absolute atomic E-state index is 0.864. The van der Waals surface area contributed by atoms with Crippen molar-refractivity contribution in [2.24, 2.45) is 12.2 Å². The van der Waals surface area contributed by atoms with E-state index in [0.717, 1.165) is 16.5 Å². The first-order valence-corrected chi connectivity index (χ1v) is 3.90. The average Bonchev–Trinajstić information content (AvgIpc) is 2.48. The summed E-state index contributed by atoms with van der Waals surface area (Å²) in [5.74, 6) is 0. The predicted molar refractivity (Wildman–Crippen MR) is 50.1 cm³/mol. The summed E-state index contributed by atoms with van der Waals surface area (Å²) in [6.45, 7) is 0. The molecule has 1 N–H and O–H groups in total. The van der Waals surface area contributed by atoms with Gasteiger partial charge in [-0.25, -0.2) is 0 Å². The fraction of sp³-hybridized carbons (Fsp3) is 0.111. The maximum atomic E-state index is 8.35. The van der Waals surface area contributed by atoms with E-state index < -0.39 is 0 Å². The number of hydrogen-bond donors (Lipinski definition) is 1. The molecule has 0 saturated heterocycles. The highest BCUT2D eigenvalue weighted by Crippen LogP contribution is 2.13. The predicted octanol–water partition coefficient (Wildman–Crippen LogP) is 1.38. The van der Waals surface area contributed by atoms with Gasteiger partial charge in [-0.3, -0.25) is 4.68 Å². The minimum atomic E-state index is 0.864. The van der Waals surface area contributed by atoms with Gasteiger partial charge >= 0.3 is 0 Å². The minimum Gasteiger partial charge on any atom is -0.411 e. The molecule has 1 aromatic heterocycles. The number of benzene rings is 1. The first-order valence-electron chi connectivity index (χ1n) is 3.90. The zero-order chi connectivity index (χ0) is 9.26. The van der Waals surface area contributed by atoms with Crippen LogP contribution in [0.15, 0.2) is 29.6 Å². The van der Waals surface area contributed by atoms with Crippen LogP contribution in [0, 0.1) is 0 Å². The second kappa shape index (κ2) is 2.90. The molecule has 0 bridgehead atoms. The Labute approximate surface area is 75.1 Å². The molecule has 0 spiro atoms. The Kier molecular flexibility index (Phi) is 1.73. The molecule has 0 amide bonds. The second-order valence-electron chi connectivity index (χ2n) is 2.83. The molecule has 13 heavy (non-hydrogen) atoms. The third-order valence-corrected chi connectivity index (χ3v) is 1.98. The lowest BCUT2D eigenvalue weighted by molar-refractivity contribution is 0.322. The number of rotatable bonds is 1. The summed E-state index contributed by atoms with van der Waals surface area (Å²) >= 11 is 0. The van der Waals surface area contributed by atoms with Crippen molar-refractivity contribution in [2.75, 3.05) is 0 Å². The third kappa shape index (κ3) is 1.26. The van der Waals surface area contributed by atoms with Gasteiger partial charge in [0.25, 0.3) is 0 Å². The lowest BCUT2D eigenvalue weighted by Crippen LogP contribution is -1.88. The molecule has 0 radical (unpaired) electrons. The van der Waals surface area contributed by atoms with Crippen LogP contribution < -0.4 is 0 Å². The monoisotopic (exact) mass is 175 g/mol. The molecular formula is C9H9N3O. The molecule has 4 nitrogen and oxygen atoms in total. The van der Waals surface area contributed by atoms with E-state index in [1.54, 1.807) is 10.9 Å². The van der Waals surface area contributed by atoms with Gasteiger partial charge < -0.3 is 5.21 Å². The van der Waals surface area contributed by atoms with Crippen molar-refractivity contribution in [3.8, 4) is 0 Å². The number of aryl methyl sites for hydroxylation is 1. The van der Waals surface area contributed by atoms with E-state index in [1.165, 1.54) is 6.21 Å². The average molecular weight is 175 g/mol. The summed E-state index contributed by atoms with van der Waals surface area (Å²) in [6, 6.07) is 5.74. The Balaban J connectivity index is 2.63. The fourth-order valence-electron chi connectivity index (χ4n) is 1.33. The van der Waals surface area contributed by atoms with Gasteiger partial charge in [0.2, 0.25) is 0 Å². The van der Waals surface area contributed by atoms with Crippen molar-refractivity contribution in [3.05, 3.63) is 30.0 Å². The summed E-state index contributed by atoms with van der Waals surface area (Å²) in [5.41, 5.74) is 1.93. The molecule has 1 heterocycles. The molecule has 0 fully saturated rings. The Morgan fingerprint density at radius 1 is 1.54 bits per heavy atom. The molecule has 0 aliphatic heterocycles. The van der Waals surface area contributed by atoms with Crippen molar-refractivity contribution >= 4 is 17.1 Å². The Morgan fingerprint density at radius 3 is 3.15 bits per heavy atom. The van der Waals surface area contributed by atoms with E-state index in [4.69, 9.17) is 5.21 Å². The van der Waals surface area contributed by atoms with E-state index in [-0.39, 0.29) is 0 Å². The molecule has 4 heteroatoms. The van der Waals surface area contributed by atoms with E-state index in [0.29, 0.717) is 0 Å². The highest BCUT2D eigenvalue weighted by atomic mass is 16.4. The maximum Gasteiger partial charge on any atom is 0.0734 e. The van der Waals surface area contributed by atoms with Gasteiger partial charge in [-0.15, -0.1) is 0 Å². The van der Waals surface area contributed by atoms with Crippen molar-refractivity contribution in [1.29, 1.82) is 0 Å². The highest BCUT2D eigenvalue weighted by molar-refractivity contribution is 5.88. The SMILES string of the molecule is Cn1ncc2cc(/C=N/O)ccc21. The zero-order valence-corrected chi connectivity index (χ0v) is 7.18. The van der Waals surface area contributed by atoms with Crippen LogP contribution >= 0.6 is 0 Å². The molecule has 2 aromatic rings. The molecule has 0 saturated carbocycles. The van der Waals surface area contributed by atoms with Crippen molar-refractivity contribution in [2.45, 2.75) is 0 Å². The van der Waals surface area contributed by atoms with Crippen LogP contribution in [0.25, 0.3) is 10.9 Å². The van der Waals surface area contributed by atoms with Gasteiger partial charge in [0, 0.05) is 12.4 Å². The summed E-state index contributed by atoms with van der Waals surface area (Å²) < 4.78 is 1.80. The van der Waals surface area contributed by atoms with Crippen LogP contribution in [0.1, 0.15) is 5.56 Å². The molecule has 66 valence electrons. The number of fused-ring (bicyclic) bond motifs is 1. The van der Waals surface area contributed by atoms with E-state index in [2.05, 4.69) is 10.3 Å². The Morgan fingerprint density at radius 2 is 2.38 bits per heavy atom. The molecule has 0 aliphatic carbocycles. The number of aromatic nitrogens is 2. The lowest BCUT2D eigenvalue weighted by Gasteiger charge is -1.94. The Hall–Kier alpha value is -1.84. The van der Waals surface area contributed by atoms with Gasteiger partial charge in [-0.2, -0.15) is 5.10 Å². The van der Waals surface area contributed by atoms with Crippen LogP contribution in [-0.4, -0.2) is 21.2 Å².